The molecule has 2 nitrogen and oxygen atoms in total. The zero-order chi connectivity index (χ0) is 9.28. The summed E-state index contributed by atoms with van der Waals surface area (Å²) >= 11 is 0. The number of carbonyl (C=O) groups excluding carboxylic acids is 1. The minimum absolute atomic E-state index is 0.0370. The highest BCUT2D eigenvalue weighted by Gasteiger charge is 2.34. The summed E-state index contributed by atoms with van der Waals surface area (Å²) in [6.45, 7) is 11.5. The minimum Gasteiger partial charge on any atom is -0.431 e. The molecule has 0 aliphatic rings. The molecular weight excluding hydrogens is 159 g/mol. The van der Waals surface area contributed by atoms with Crippen LogP contribution in [0.2, 0.25) is 0 Å². The summed E-state index contributed by atoms with van der Waals surface area (Å²) < 4.78 is 5.21. The molecule has 0 unspecified atom stereocenters. The third kappa shape index (κ3) is 5.20. The van der Waals surface area contributed by atoms with Crippen molar-refractivity contribution in [2.24, 2.45) is 0 Å². The van der Waals surface area contributed by atoms with Crippen molar-refractivity contribution in [2.75, 3.05) is 20.0 Å². The second kappa shape index (κ2) is 3.10. The van der Waals surface area contributed by atoms with Crippen molar-refractivity contribution in [1.82, 2.24) is 0 Å². The van der Waals surface area contributed by atoms with Gasteiger partial charge in [0.1, 0.15) is 12.9 Å². The van der Waals surface area contributed by atoms with Crippen LogP contribution in [0.3, 0.4) is 0 Å². The highest BCUT2D eigenvalue weighted by Crippen LogP contribution is 2.49. The Hall–Kier alpha value is -0.100. The fraction of sp³-hybridized carbons (Fsp3) is 0.875. The van der Waals surface area contributed by atoms with E-state index in [2.05, 4.69) is 0 Å². The molecule has 0 fully saturated rings. The summed E-state index contributed by atoms with van der Waals surface area (Å²) in [6.07, 6.45) is 0. The fourth-order valence-corrected chi connectivity index (χ4v) is 0.947. The number of ether oxygens (including phenoxy) is 1. The molecule has 0 spiro atoms. The maximum absolute atomic E-state index is 11.3. The molecule has 0 atom stereocenters. The molecule has 0 amide bonds. The van der Waals surface area contributed by atoms with E-state index < -0.39 is 7.26 Å². The van der Waals surface area contributed by atoms with Crippen LogP contribution < -0.4 is 0 Å². The maximum atomic E-state index is 11.3. The largest absolute Gasteiger partial charge is 0.450 e. The lowest BCUT2D eigenvalue weighted by atomic mass is 10.2. The normalized spacial score (nSPS) is 12.9. The molecule has 0 saturated heterocycles. The highest BCUT2D eigenvalue weighted by molar-refractivity contribution is 7.88. The first-order valence-electron chi connectivity index (χ1n) is 3.68. The molecule has 11 heavy (non-hydrogen) atoms. The molecular formula is C8H18O2P+. The fourth-order valence-electron chi connectivity index (χ4n) is 0.399. The van der Waals surface area contributed by atoms with E-state index in [0.29, 0.717) is 0 Å². The third-order valence-electron chi connectivity index (χ3n) is 0.941. The molecule has 0 aromatic carbocycles. The average molecular weight is 177 g/mol. The second-order valence-corrected chi connectivity index (χ2v) is 8.88. The zero-order valence-electron chi connectivity index (χ0n) is 8.26. The number of hydrogen-bond donors (Lipinski definition) is 0. The van der Waals surface area contributed by atoms with Gasteiger partial charge in [0, 0.05) is 0 Å². The average Bonchev–Trinajstić information content (AvgIpc) is 1.56. The molecule has 0 radical (unpaired) electrons. The van der Waals surface area contributed by atoms with Crippen LogP contribution in [-0.2, 0) is 4.74 Å². The SMILES string of the molecule is CC(C)(C)OC(=O)[P+](C)(C)C. The standard InChI is InChI=1S/C8H18O2P/c1-8(2,3)10-7(9)11(4,5)6/h1-6H3/q+1. The molecule has 0 heterocycles. The molecule has 0 aliphatic heterocycles. The molecule has 3 heteroatoms. The van der Waals surface area contributed by atoms with E-state index in [9.17, 15) is 4.79 Å². The Morgan fingerprint density at radius 1 is 1.18 bits per heavy atom. The van der Waals surface area contributed by atoms with Gasteiger partial charge in [-0.1, -0.05) is 0 Å². The van der Waals surface area contributed by atoms with Gasteiger partial charge in [-0.3, -0.25) is 0 Å². The summed E-state index contributed by atoms with van der Waals surface area (Å²) in [5.41, 5.74) is -0.380. The van der Waals surface area contributed by atoms with E-state index in [1.165, 1.54) is 0 Å². The smallest absolute Gasteiger partial charge is 0.431 e. The van der Waals surface area contributed by atoms with E-state index in [1.54, 1.807) is 0 Å². The van der Waals surface area contributed by atoms with Crippen LogP contribution in [0, 0.1) is 0 Å². The lowest BCUT2D eigenvalue weighted by Crippen LogP contribution is -2.23. The predicted molar refractivity (Wildman–Crippen MR) is 50.9 cm³/mol. The molecule has 0 aromatic rings. The molecule has 0 aromatic heterocycles. The van der Waals surface area contributed by atoms with Gasteiger partial charge >= 0.3 is 5.71 Å². The molecule has 0 rings (SSSR count). The first kappa shape index (κ1) is 10.9. The summed E-state index contributed by atoms with van der Waals surface area (Å²) in [5.74, 6) is 0. The van der Waals surface area contributed by atoms with Gasteiger partial charge < -0.3 is 4.74 Å². The van der Waals surface area contributed by atoms with Gasteiger partial charge in [-0.15, -0.1) is 0 Å². The van der Waals surface area contributed by atoms with Crippen LogP contribution in [0.1, 0.15) is 20.8 Å². The lowest BCUT2D eigenvalue weighted by Gasteiger charge is -2.20. The summed E-state index contributed by atoms with van der Waals surface area (Å²) in [4.78, 5) is 11.3. The van der Waals surface area contributed by atoms with Crippen LogP contribution in [-0.4, -0.2) is 31.3 Å². The van der Waals surface area contributed by atoms with Crippen molar-refractivity contribution < 1.29 is 9.53 Å². The molecule has 0 bridgehead atoms. The number of carbonyl (C=O) groups is 1. The van der Waals surface area contributed by atoms with Gasteiger partial charge in [0.05, 0.1) is 20.0 Å². The Balaban J connectivity index is 4.11. The Morgan fingerprint density at radius 2 is 1.55 bits per heavy atom. The van der Waals surface area contributed by atoms with Crippen molar-refractivity contribution in [3.8, 4) is 0 Å². The van der Waals surface area contributed by atoms with Crippen molar-refractivity contribution >= 4 is 13.0 Å². The molecule has 0 N–H and O–H groups in total. The van der Waals surface area contributed by atoms with E-state index in [4.69, 9.17) is 4.74 Å². The van der Waals surface area contributed by atoms with Crippen LogP contribution in [0.5, 0.6) is 0 Å². The summed E-state index contributed by atoms with van der Waals surface area (Å²) in [5, 5.41) is 0. The highest BCUT2D eigenvalue weighted by atomic mass is 31.2. The Morgan fingerprint density at radius 3 is 1.64 bits per heavy atom. The van der Waals surface area contributed by atoms with Gasteiger partial charge in [0.2, 0.25) is 0 Å². The molecule has 66 valence electrons. The Kier molecular flexibility index (Phi) is 3.07. The van der Waals surface area contributed by atoms with Crippen LogP contribution >= 0.6 is 7.26 Å². The molecule has 0 aliphatic carbocycles. The van der Waals surface area contributed by atoms with Crippen LogP contribution in [0.25, 0.3) is 0 Å². The van der Waals surface area contributed by atoms with Gasteiger partial charge in [-0.05, 0) is 20.8 Å². The van der Waals surface area contributed by atoms with Crippen molar-refractivity contribution in [3.05, 3.63) is 0 Å². The number of hydrogen-bond acceptors (Lipinski definition) is 2. The first-order chi connectivity index (χ1) is 4.63. The Bertz CT molecular complexity index is 150. The maximum Gasteiger partial charge on any atom is 0.450 e. The number of rotatable bonds is 1. The second-order valence-electron chi connectivity index (χ2n) is 4.49. The van der Waals surface area contributed by atoms with Gasteiger partial charge in [0.15, 0.2) is 0 Å². The van der Waals surface area contributed by atoms with Crippen molar-refractivity contribution in [3.63, 3.8) is 0 Å². The van der Waals surface area contributed by atoms with Gasteiger partial charge in [0.25, 0.3) is 0 Å². The van der Waals surface area contributed by atoms with E-state index in [1.807, 2.05) is 40.8 Å². The van der Waals surface area contributed by atoms with Gasteiger partial charge in [-0.2, -0.15) is 0 Å². The quantitative estimate of drug-likeness (QED) is 0.575. The minimum atomic E-state index is -1.46. The van der Waals surface area contributed by atoms with Gasteiger partial charge in [-0.25, -0.2) is 4.79 Å². The monoisotopic (exact) mass is 177 g/mol. The van der Waals surface area contributed by atoms with Crippen LogP contribution in [0.15, 0.2) is 0 Å². The van der Waals surface area contributed by atoms with Crippen molar-refractivity contribution in [1.29, 1.82) is 0 Å². The van der Waals surface area contributed by atoms with Crippen LogP contribution in [0.4, 0.5) is 4.79 Å². The van der Waals surface area contributed by atoms with E-state index in [-0.39, 0.29) is 11.3 Å². The summed E-state index contributed by atoms with van der Waals surface area (Å²) in [6, 6.07) is 0. The predicted octanol–water partition coefficient (Wildman–Crippen LogP) is 2.83. The molecule has 0 saturated carbocycles. The Labute approximate surface area is 69.7 Å². The summed E-state index contributed by atoms with van der Waals surface area (Å²) in [7, 11) is -1.46. The lowest BCUT2D eigenvalue weighted by molar-refractivity contribution is 0.0724. The first-order valence-corrected chi connectivity index (χ1v) is 6.81. The van der Waals surface area contributed by atoms with E-state index in [0.717, 1.165) is 0 Å². The zero-order valence-corrected chi connectivity index (χ0v) is 9.16. The third-order valence-corrected chi connectivity index (χ3v) is 2.13. The topological polar surface area (TPSA) is 26.3 Å². The van der Waals surface area contributed by atoms with Crippen molar-refractivity contribution in [2.45, 2.75) is 26.4 Å². The van der Waals surface area contributed by atoms with E-state index >= 15 is 0 Å².